The topological polar surface area (TPSA) is 110 Å². The van der Waals surface area contributed by atoms with Crippen molar-refractivity contribution in [1.29, 1.82) is 5.26 Å². The van der Waals surface area contributed by atoms with E-state index in [1.54, 1.807) is 0 Å². The van der Waals surface area contributed by atoms with Gasteiger partial charge in [0.05, 0.1) is 17.1 Å². The Bertz CT molecular complexity index is 1490. The van der Waals surface area contributed by atoms with Gasteiger partial charge in [-0.25, -0.2) is 9.97 Å². The highest BCUT2D eigenvalue weighted by atomic mass is 15.1. The molecule has 0 bridgehead atoms. The zero-order valence-corrected chi connectivity index (χ0v) is 20.0. The van der Waals surface area contributed by atoms with E-state index in [1.807, 2.05) is 45.0 Å². The number of fused-ring (bicyclic) bond motifs is 2. The summed E-state index contributed by atoms with van der Waals surface area (Å²) in [5.74, 6) is 1.25. The molecule has 3 heterocycles. The van der Waals surface area contributed by atoms with Crippen LogP contribution in [0.15, 0.2) is 54.6 Å². The van der Waals surface area contributed by atoms with Gasteiger partial charge in [0.2, 0.25) is 0 Å². The number of nitrogens with two attached hydrogens (primary N) is 1. The quantitative estimate of drug-likeness (QED) is 0.325. The van der Waals surface area contributed by atoms with Crippen LogP contribution in [-0.2, 0) is 13.1 Å². The molecule has 5 rings (SSSR count). The summed E-state index contributed by atoms with van der Waals surface area (Å²) in [6.45, 7) is 7.49. The molecule has 172 valence electrons. The lowest BCUT2D eigenvalue weighted by molar-refractivity contribution is 0.319. The molecule has 0 atom stereocenters. The summed E-state index contributed by atoms with van der Waals surface area (Å²) in [6, 6.07) is 20.4. The van der Waals surface area contributed by atoms with Crippen LogP contribution >= 0.6 is 0 Å². The van der Waals surface area contributed by atoms with Gasteiger partial charge in [-0.2, -0.15) is 5.26 Å². The molecule has 0 aliphatic carbocycles. The maximum atomic E-state index is 9.11. The molecule has 0 saturated carbocycles. The first-order valence-electron chi connectivity index (χ1n) is 11.4. The maximum Gasteiger partial charge on any atom is 0.180 e. The molecule has 7 nitrogen and oxygen atoms in total. The summed E-state index contributed by atoms with van der Waals surface area (Å²) >= 11 is 0. The number of nitrogens with zero attached hydrogens (tertiary/aromatic N) is 4. The Hall–Kier alpha value is -4.15. The molecule has 0 aliphatic rings. The van der Waals surface area contributed by atoms with Gasteiger partial charge in [0, 0.05) is 35.2 Å². The minimum atomic E-state index is 0.445. The fourth-order valence-electron chi connectivity index (χ4n) is 4.18. The second kappa shape index (κ2) is 9.77. The SMILES string of the molecule is CC.Cc1nc2nc(N)cc(-c3cc4cc(CN(C)Cc5cccc(C#N)c5)ccc4[nH]3)c2[nH]1. The number of nitrogen functional groups attached to an aromatic ring is 1. The molecule has 0 amide bonds. The maximum absolute atomic E-state index is 9.11. The van der Waals surface area contributed by atoms with Crippen LogP contribution in [-0.4, -0.2) is 31.9 Å². The molecule has 0 saturated heterocycles. The predicted octanol–water partition coefficient (Wildman–Crippen LogP) is 5.53. The predicted molar refractivity (Wildman–Crippen MR) is 138 cm³/mol. The molecule has 0 aliphatic heterocycles. The molecule has 0 radical (unpaired) electrons. The van der Waals surface area contributed by atoms with Crippen LogP contribution in [0.2, 0.25) is 0 Å². The van der Waals surface area contributed by atoms with Crippen molar-refractivity contribution < 1.29 is 0 Å². The minimum absolute atomic E-state index is 0.445. The normalized spacial score (nSPS) is 10.9. The van der Waals surface area contributed by atoms with Crippen LogP contribution in [0.25, 0.3) is 33.3 Å². The minimum Gasteiger partial charge on any atom is -0.384 e. The Balaban J connectivity index is 0.00000133. The second-order valence-electron chi connectivity index (χ2n) is 8.20. The molecular formula is C27H29N7. The number of imidazole rings is 1. The van der Waals surface area contributed by atoms with Crippen molar-refractivity contribution in [3.8, 4) is 17.3 Å². The van der Waals surface area contributed by atoms with Gasteiger partial charge in [-0.1, -0.05) is 32.0 Å². The lowest BCUT2D eigenvalue weighted by atomic mass is 10.1. The third kappa shape index (κ3) is 4.77. The fraction of sp³-hybridized carbons (Fsp3) is 0.222. The number of benzene rings is 2. The molecule has 0 spiro atoms. The Labute approximate surface area is 199 Å². The Morgan fingerprint density at radius 1 is 0.971 bits per heavy atom. The number of hydrogen-bond donors (Lipinski definition) is 3. The summed E-state index contributed by atoms with van der Waals surface area (Å²) in [5.41, 5.74) is 13.6. The van der Waals surface area contributed by atoms with Crippen molar-refractivity contribution in [2.45, 2.75) is 33.9 Å². The number of pyridine rings is 1. The molecule has 4 N–H and O–H groups in total. The number of aromatic amines is 2. The van der Waals surface area contributed by atoms with E-state index in [9.17, 15) is 0 Å². The van der Waals surface area contributed by atoms with E-state index in [2.05, 4.69) is 68.3 Å². The van der Waals surface area contributed by atoms with Gasteiger partial charge in [-0.05, 0) is 61.5 Å². The van der Waals surface area contributed by atoms with E-state index in [4.69, 9.17) is 11.0 Å². The number of aromatic nitrogens is 4. The molecule has 34 heavy (non-hydrogen) atoms. The van der Waals surface area contributed by atoms with Crippen LogP contribution in [0.5, 0.6) is 0 Å². The lowest BCUT2D eigenvalue weighted by Gasteiger charge is -2.17. The van der Waals surface area contributed by atoms with Gasteiger partial charge in [0.1, 0.15) is 11.6 Å². The van der Waals surface area contributed by atoms with Crippen molar-refractivity contribution in [2.75, 3.05) is 12.8 Å². The highest BCUT2D eigenvalue weighted by Crippen LogP contribution is 2.30. The van der Waals surface area contributed by atoms with Crippen LogP contribution in [0.4, 0.5) is 5.82 Å². The van der Waals surface area contributed by atoms with E-state index in [1.165, 1.54) is 5.56 Å². The monoisotopic (exact) mass is 451 g/mol. The number of nitrogens with one attached hydrogen (secondary N) is 2. The highest BCUT2D eigenvalue weighted by molar-refractivity contribution is 5.95. The van der Waals surface area contributed by atoms with Gasteiger partial charge in [0.25, 0.3) is 0 Å². The van der Waals surface area contributed by atoms with Crippen molar-refractivity contribution >= 4 is 27.9 Å². The van der Waals surface area contributed by atoms with E-state index < -0.39 is 0 Å². The Kier molecular flexibility index (Phi) is 6.62. The lowest BCUT2D eigenvalue weighted by Crippen LogP contribution is -2.17. The second-order valence-corrected chi connectivity index (χ2v) is 8.20. The van der Waals surface area contributed by atoms with Crippen molar-refractivity contribution in [3.63, 3.8) is 0 Å². The third-order valence-corrected chi connectivity index (χ3v) is 5.54. The van der Waals surface area contributed by atoms with Crippen LogP contribution in [0.3, 0.4) is 0 Å². The summed E-state index contributed by atoms with van der Waals surface area (Å²) in [6.07, 6.45) is 0. The first-order valence-corrected chi connectivity index (χ1v) is 11.4. The molecule has 2 aromatic carbocycles. The highest BCUT2D eigenvalue weighted by Gasteiger charge is 2.13. The Morgan fingerprint density at radius 3 is 2.50 bits per heavy atom. The molecule has 7 heteroatoms. The van der Waals surface area contributed by atoms with Gasteiger partial charge < -0.3 is 15.7 Å². The smallest absolute Gasteiger partial charge is 0.180 e. The number of hydrogen-bond acceptors (Lipinski definition) is 5. The summed E-state index contributed by atoms with van der Waals surface area (Å²) < 4.78 is 0. The number of rotatable bonds is 5. The zero-order chi connectivity index (χ0) is 24.2. The standard InChI is InChI=1S/C25H23N7.C2H6/c1-15-28-24-20(11-23(27)31-25(24)29-15)22-10-19-9-18(6-7-21(19)30-22)14-32(2)13-17-5-3-4-16(8-17)12-26;1-2/h3-11,30H,13-14H2,1-2H3,(H3,27,28,29,31);1-2H3. The van der Waals surface area contributed by atoms with Crippen molar-refractivity contribution in [3.05, 3.63) is 77.1 Å². The summed E-state index contributed by atoms with van der Waals surface area (Å²) in [4.78, 5) is 17.8. The number of nitriles is 1. The molecule has 0 fully saturated rings. The van der Waals surface area contributed by atoms with Gasteiger partial charge >= 0.3 is 0 Å². The largest absolute Gasteiger partial charge is 0.384 e. The number of anilines is 1. The molecule has 3 aromatic heterocycles. The summed E-state index contributed by atoms with van der Waals surface area (Å²) in [5, 5.41) is 10.2. The fourth-order valence-corrected chi connectivity index (χ4v) is 4.18. The zero-order valence-electron chi connectivity index (χ0n) is 20.0. The number of H-pyrrole nitrogens is 2. The third-order valence-electron chi connectivity index (χ3n) is 5.54. The average Bonchev–Trinajstić information content (AvgIpc) is 3.42. The van der Waals surface area contributed by atoms with Gasteiger partial charge in [-0.15, -0.1) is 0 Å². The molecular weight excluding hydrogens is 422 g/mol. The van der Waals surface area contributed by atoms with Gasteiger partial charge in [-0.3, -0.25) is 4.90 Å². The molecule has 0 unspecified atom stereocenters. The van der Waals surface area contributed by atoms with Gasteiger partial charge in [0.15, 0.2) is 5.65 Å². The van der Waals surface area contributed by atoms with E-state index >= 15 is 0 Å². The van der Waals surface area contributed by atoms with E-state index in [0.717, 1.165) is 52.2 Å². The van der Waals surface area contributed by atoms with Crippen LogP contribution in [0, 0.1) is 18.3 Å². The molecule has 5 aromatic rings. The van der Waals surface area contributed by atoms with Crippen LogP contribution < -0.4 is 5.73 Å². The summed E-state index contributed by atoms with van der Waals surface area (Å²) in [7, 11) is 2.09. The Morgan fingerprint density at radius 2 is 1.74 bits per heavy atom. The van der Waals surface area contributed by atoms with E-state index in [-0.39, 0.29) is 0 Å². The average molecular weight is 452 g/mol. The first kappa shape index (κ1) is 23.0. The van der Waals surface area contributed by atoms with Crippen LogP contribution in [0.1, 0.15) is 36.4 Å². The van der Waals surface area contributed by atoms with Crippen molar-refractivity contribution in [2.24, 2.45) is 0 Å². The number of aryl methyl sites for hydroxylation is 1. The first-order chi connectivity index (χ1) is 16.5. The van der Waals surface area contributed by atoms with Crippen molar-refractivity contribution in [1.82, 2.24) is 24.8 Å². The van der Waals surface area contributed by atoms with E-state index in [0.29, 0.717) is 17.0 Å².